The lowest BCUT2D eigenvalue weighted by molar-refractivity contribution is 0.0767. The van der Waals surface area contributed by atoms with E-state index >= 15 is 0 Å². The minimum atomic E-state index is -0.0320. The van der Waals surface area contributed by atoms with E-state index in [1.165, 1.54) is 0 Å². The molecule has 0 saturated carbocycles. The van der Waals surface area contributed by atoms with Crippen LogP contribution in [0.4, 0.5) is 5.69 Å². The molecule has 0 atom stereocenters. The first-order chi connectivity index (χ1) is 8.72. The van der Waals surface area contributed by atoms with E-state index in [2.05, 4.69) is 10.3 Å². The Hall–Kier alpha value is -1.62. The van der Waals surface area contributed by atoms with Gasteiger partial charge in [-0.2, -0.15) is 0 Å². The fourth-order valence-corrected chi connectivity index (χ4v) is 1.63. The van der Waals surface area contributed by atoms with Crippen LogP contribution >= 0.6 is 0 Å². The highest BCUT2D eigenvalue weighted by Gasteiger charge is 2.13. The Morgan fingerprint density at radius 1 is 1.44 bits per heavy atom. The van der Waals surface area contributed by atoms with Crippen LogP contribution in [-0.4, -0.2) is 49.1 Å². The van der Waals surface area contributed by atoms with Crippen molar-refractivity contribution in [1.29, 1.82) is 0 Å². The lowest BCUT2D eigenvalue weighted by Crippen LogP contribution is -2.31. The number of amides is 1. The maximum Gasteiger partial charge on any atom is 0.272 e. The van der Waals surface area contributed by atoms with E-state index in [9.17, 15) is 4.79 Å². The largest absolute Gasteiger partial charge is 0.383 e. The molecule has 0 aromatic carbocycles. The van der Waals surface area contributed by atoms with Crippen LogP contribution in [0.15, 0.2) is 18.3 Å². The molecular formula is C13H21N3O2. The van der Waals surface area contributed by atoms with Crippen molar-refractivity contribution in [2.75, 3.05) is 38.7 Å². The van der Waals surface area contributed by atoms with E-state index in [0.29, 0.717) is 31.9 Å². The molecule has 0 fully saturated rings. The van der Waals surface area contributed by atoms with Gasteiger partial charge in [0, 0.05) is 38.6 Å². The van der Waals surface area contributed by atoms with Crippen molar-refractivity contribution in [1.82, 2.24) is 9.88 Å². The molecule has 0 unspecified atom stereocenters. The second-order valence-electron chi connectivity index (χ2n) is 3.83. The Morgan fingerprint density at radius 3 is 2.78 bits per heavy atom. The van der Waals surface area contributed by atoms with Crippen molar-refractivity contribution in [2.24, 2.45) is 0 Å². The molecule has 18 heavy (non-hydrogen) atoms. The molecule has 5 heteroatoms. The van der Waals surface area contributed by atoms with Crippen LogP contribution in [0.5, 0.6) is 0 Å². The van der Waals surface area contributed by atoms with Crippen LogP contribution < -0.4 is 5.32 Å². The molecule has 1 heterocycles. The summed E-state index contributed by atoms with van der Waals surface area (Å²) in [5.41, 5.74) is 1.36. The molecule has 1 aromatic rings. The Kier molecular flexibility index (Phi) is 6.14. The van der Waals surface area contributed by atoms with Gasteiger partial charge in [0.25, 0.3) is 5.91 Å². The topological polar surface area (TPSA) is 54.5 Å². The second-order valence-corrected chi connectivity index (χ2v) is 3.83. The number of anilines is 1. The predicted octanol–water partition coefficient (Wildman–Crippen LogP) is 1.62. The Morgan fingerprint density at radius 2 is 2.17 bits per heavy atom. The summed E-state index contributed by atoms with van der Waals surface area (Å²) in [6.45, 7) is 6.64. The highest BCUT2D eigenvalue weighted by molar-refractivity contribution is 5.93. The van der Waals surface area contributed by atoms with Crippen LogP contribution in [0.25, 0.3) is 0 Å². The molecule has 1 N–H and O–H groups in total. The lowest BCUT2D eigenvalue weighted by Gasteiger charge is -2.18. The van der Waals surface area contributed by atoms with Gasteiger partial charge in [-0.05, 0) is 26.0 Å². The smallest absolute Gasteiger partial charge is 0.272 e. The maximum absolute atomic E-state index is 12.1. The number of hydrogen-bond donors (Lipinski definition) is 1. The minimum Gasteiger partial charge on any atom is -0.383 e. The summed E-state index contributed by atoms with van der Waals surface area (Å²) in [5.74, 6) is -0.0320. The number of aromatic nitrogens is 1. The molecule has 0 aliphatic carbocycles. The molecule has 0 spiro atoms. The summed E-state index contributed by atoms with van der Waals surface area (Å²) in [6, 6.07) is 3.62. The van der Waals surface area contributed by atoms with Gasteiger partial charge < -0.3 is 15.0 Å². The van der Waals surface area contributed by atoms with E-state index < -0.39 is 0 Å². The van der Waals surface area contributed by atoms with Crippen LogP contribution in [0.2, 0.25) is 0 Å². The van der Waals surface area contributed by atoms with Gasteiger partial charge in [0.1, 0.15) is 5.69 Å². The van der Waals surface area contributed by atoms with E-state index in [0.717, 1.165) is 5.69 Å². The van der Waals surface area contributed by atoms with E-state index in [1.54, 1.807) is 24.3 Å². The summed E-state index contributed by atoms with van der Waals surface area (Å²) in [6.07, 6.45) is 1.64. The third-order valence-electron chi connectivity index (χ3n) is 2.67. The van der Waals surface area contributed by atoms with Gasteiger partial charge >= 0.3 is 0 Å². The first-order valence-corrected chi connectivity index (χ1v) is 6.21. The number of nitrogens with one attached hydrogen (secondary N) is 1. The summed E-state index contributed by atoms with van der Waals surface area (Å²) < 4.78 is 4.96. The van der Waals surface area contributed by atoms with Crippen molar-refractivity contribution in [3.05, 3.63) is 24.0 Å². The number of methoxy groups -OCH3 is 1. The van der Waals surface area contributed by atoms with Crippen LogP contribution in [0.1, 0.15) is 24.3 Å². The lowest BCUT2D eigenvalue weighted by atomic mass is 10.2. The van der Waals surface area contributed by atoms with Crippen molar-refractivity contribution >= 4 is 11.6 Å². The molecule has 5 nitrogen and oxygen atoms in total. The van der Waals surface area contributed by atoms with Gasteiger partial charge in [0.05, 0.1) is 6.61 Å². The standard InChI is InChI=1S/C13H21N3O2/c1-4-16(5-2)13(17)12-10-11(6-7-15-12)14-8-9-18-3/h6-7,10H,4-5,8-9H2,1-3H3,(H,14,15). The maximum atomic E-state index is 12.1. The van der Waals surface area contributed by atoms with Gasteiger partial charge in [-0.25, -0.2) is 0 Å². The zero-order chi connectivity index (χ0) is 13.4. The highest BCUT2D eigenvalue weighted by Crippen LogP contribution is 2.09. The molecule has 0 bridgehead atoms. The molecular weight excluding hydrogens is 230 g/mol. The number of carbonyl (C=O) groups is 1. The van der Waals surface area contributed by atoms with Crippen LogP contribution in [-0.2, 0) is 4.74 Å². The summed E-state index contributed by atoms with van der Waals surface area (Å²) in [4.78, 5) is 18.0. The van der Waals surface area contributed by atoms with E-state index in [4.69, 9.17) is 4.74 Å². The first-order valence-electron chi connectivity index (χ1n) is 6.21. The molecule has 1 rings (SSSR count). The number of nitrogens with zero attached hydrogens (tertiary/aromatic N) is 2. The van der Waals surface area contributed by atoms with Crippen molar-refractivity contribution in [3.63, 3.8) is 0 Å². The zero-order valence-corrected chi connectivity index (χ0v) is 11.3. The first kappa shape index (κ1) is 14.4. The fraction of sp³-hybridized carbons (Fsp3) is 0.538. The monoisotopic (exact) mass is 251 g/mol. The second kappa shape index (κ2) is 7.66. The Bertz CT molecular complexity index is 378. The molecule has 0 radical (unpaired) electrons. The van der Waals surface area contributed by atoms with Gasteiger partial charge in [-0.1, -0.05) is 0 Å². The molecule has 1 aromatic heterocycles. The van der Waals surface area contributed by atoms with Gasteiger partial charge in [-0.3, -0.25) is 9.78 Å². The average Bonchev–Trinajstić information content (AvgIpc) is 2.41. The van der Waals surface area contributed by atoms with Crippen molar-refractivity contribution in [2.45, 2.75) is 13.8 Å². The SMILES string of the molecule is CCN(CC)C(=O)c1cc(NCCOC)ccn1. The summed E-state index contributed by atoms with van der Waals surface area (Å²) in [5, 5.41) is 3.18. The summed E-state index contributed by atoms with van der Waals surface area (Å²) >= 11 is 0. The summed E-state index contributed by atoms with van der Waals surface area (Å²) in [7, 11) is 1.66. The molecule has 0 aliphatic heterocycles. The van der Waals surface area contributed by atoms with E-state index in [1.807, 2.05) is 19.9 Å². The number of carbonyl (C=O) groups excluding carboxylic acids is 1. The molecule has 1 amide bonds. The minimum absolute atomic E-state index is 0.0320. The molecule has 0 saturated heterocycles. The van der Waals surface area contributed by atoms with Gasteiger partial charge in [-0.15, -0.1) is 0 Å². The van der Waals surface area contributed by atoms with Gasteiger partial charge in [0.2, 0.25) is 0 Å². The third-order valence-corrected chi connectivity index (χ3v) is 2.67. The normalized spacial score (nSPS) is 10.2. The molecule has 0 aliphatic rings. The van der Waals surface area contributed by atoms with Crippen LogP contribution in [0, 0.1) is 0 Å². The van der Waals surface area contributed by atoms with Crippen LogP contribution in [0.3, 0.4) is 0 Å². The number of hydrogen-bond acceptors (Lipinski definition) is 4. The Balaban J connectivity index is 2.71. The average molecular weight is 251 g/mol. The number of ether oxygens (including phenoxy) is 1. The number of pyridine rings is 1. The Labute approximate surface area is 108 Å². The highest BCUT2D eigenvalue weighted by atomic mass is 16.5. The fourth-order valence-electron chi connectivity index (χ4n) is 1.63. The molecule has 100 valence electrons. The zero-order valence-electron chi connectivity index (χ0n) is 11.3. The predicted molar refractivity (Wildman–Crippen MR) is 71.9 cm³/mol. The van der Waals surface area contributed by atoms with Crippen molar-refractivity contribution < 1.29 is 9.53 Å². The quantitative estimate of drug-likeness (QED) is 0.748. The van der Waals surface area contributed by atoms with E-state index in [-0.39, 0.29) is 5.91 Å². The number of rotatable bonds is 7. The van der Waals surface area contributed by atoms with Crippen molar-refractivity contribution in [3.8, 4) is 0 Å². The third kappa shape index (κ3) is 4.00. The van der Waals surface area contributed by atoms with Gasteiger partial charge in [0.15, 0.2) is 0 Å².